The maximum Gasteiger partial charge on any atom is 0.277 e. The minimum absolute atomic E-state index is 0.0748. The van der Waals surface area contributed by atoms with Crippen LogP contribution in [0.25, 0.3) is 10.9 Å². The molecule has 1 amide bonds. The van der Waals surface area contributed by atoms with Gasteiger partial charge in [-0.15, -0.1) is 5.10 Å². The Morgan fingerprint density at radius 3 is 2.71 bits per heavy atom. The summed E-state index contributed by atoms with van der Waals surface area (Å²) in [5, 5.41) is 11.2. The first-order chi connectivity index (χ1) is 11.5. The summed E-state index contributed by atoms with van der Waals surface area (Å²) in [6.07, 6.45) is 4.18. The molecule has 0 atom stereocenters. The Hall–Kier alpha value is -2.96. The Kier molecular flexibility index (Phi) is 4.41. The van der Waals surface area contributed by atoms with Crippen molar-refractivity contribution >= 4 is 22.5 Å². The number of nitrogens with one attached hydrogen (secondary N) is 1. The molecule has 7 heteroatoms. The number of aromatic nitrogens is 4. The minimum atomic E-state index is -0.210. The zero-order valence-corrected chi connectivity index (χ0v) is 13.6. The molecule has 0 spiro atoms. The van der Waals surface area contributed by atoms with Crippen molar-refractivity contribution in [1.82, 2.24) is 19.6 Å². The van der Waals surface area contributed by atoms with Gasteiger partial charge in [-0.05, 0) is 44.2 Å². The topological polar surface area (TPSA) is 81.8 Å². The number of benzene rings is 1. The van der Waals surface area contributed by atoms with Crippen LogP contribution in [0.4, 0.5) is 5.69 Å². The Morgan fingerprint density at radius 1 is 1.25 bits per heavy atom. The van der Waals surface area contributed by atoms with E-state index in [4.69, 9.17) is 0 Å². The lowest BCUT2D eigenvalue weighted by atomic mass is 10.2. The Bertz CT molecular complexity index is 912. The van der Waals surface area contributed by atoms with E-state index in [2.05, 4.69) is 15.6 Å². The van der Waals surface area contributed by atoms with Crippen LogP contribution in [0.1, 0.15) is 26.3 Å². The zero-order chi connectivity index (χ0) is 17.1. The van der Waals surface area contributed by atoms with Crippen molar-refractivity contribution in [2.24, 2.45) is 0 Å². The van der Waals surface area contributed by atoms with E-state index in [0.717, 1.165) is 0 Å². The van der Waals surface area contributed by atoms with E-state index >= 15 is 0 Å². The molecule has 0 aliphatic carbocycles. The Morgan fingerprint density at radius 2 is 2.00 bits per heavy atom. The molecule has 7 nitrogen and oxygen atoms in total. The molecule has 24 heavy (non-hydrogen) atoms. The highest BCUT2D eigenvalue weighted by Crippen LogP contribution is 2.15. The van der Waals surface area contributed by atoms with Crippen molar-refractivity contribution < 1.29 is 4.79 Å². The second-order valence-corrected chi connectivity index (χ2v) is 5.88. The fourth-order valence-electron chi connectivity index (χ4n) is 2.44. The average Bonchev–Trinajstić information content (AvgIpc) is 3.07. The Balaban J connectivity index is 1.78. The standard InChI is InChI=1S/C17H19N5O2/c1-12(2)22-17(24)14-11-13(5-6-15(14)19-20-22)18-16(23)7-10-21-8-3-4-9-21/h3-6,8-9,11-12H,7,10H2,1-2H3,(H,18,23). The summed E-state index contributed by atoms with van der Waals surface area (Å²) in [5.41, 5.74) is 0.890. The number of carbonyl (C=O) groups excluding carboxylic acids is 1. The van der Waals surface area contributed by atoms with Crippen molar-refractivity contribution in [3.05, 3.63) is 53.1 Å². The van der Waals surface area contributed by atoms with Crippen molar-refractivity contribution in [2.75, 3.05) is 5.32 Å². The van der Waals surface area contributed by atoms with Crippen LogP contribution in [0.3, 0.4) is 0 Å². The second-order valence-electron chi connectivity index (χ2n) is 5.88. The normalized spacial score (nSPS) is 11.1. The number of aryl methyl sites for hydroxylation is 1. The molecule has 1 N–H and O–H groups in total. The van der Waals surface area contributed by atoms with Crippen LogP contribution in [-0.2, 0) is 11.3 Å². The molecule has 3 aromatic rings. The van der Waals surface area contributed by atoms with Gasteiger partial charge >= 0.3 is 0 Å². The number of rotatable bonds is 5. The molecule has 0 saturated carbocycles. The number of hydrogen-bond acceptors (Lipinski definition) is 4. The van der Waals surface area contributed by atoms with Gasteiger partial charge in [0.05, 0.1) is 11.4 Å². The molecule has 0 aliphatic heterocycles. The highest BCUT2D eigenvalue weighted by Gasteiger charge is 2.10. The summed E-state index contributed by atoms with van der Waals surface area (Å²) in [6, 6.07) is 8.83. The quantitative estimate of drug-likeness (QED) is 0.779. The lowest BCUT2D eigenvalue weighted by molar-refractivity contribution is -0.116. The molecule has 3 rings (SSSR count). The molecular formula is C17H19N5O2. The van der Waals surface area contributed by atoms with E-state index in [0.29, 0.717) is 29.6 Å². The smallest absolute Gasteiger partial charge is 0.277 e. The SMILES string of the molecule is CC(C)n1nnc2ccc(NC(=O)CCn3cccc3)cc2c1=O. The lowest BCUT2D eigenvalue weighted by Crippen LogP contribution is -2.26. The summed E-state index contributed by atoms with van der Waals surface area (Å²) in [5.74, 6) is -0.103. The predicted octanol–water partition coefficient (Wildman–Crippen LogP) is 2.20. The van der Waals surface area contributed by atoms with Gasteiger partial charge in [0.2, 0.25) is 5.91 Å². The highest BCUT2D eigenvalue weighted by atomic mass is 16.1. The third-order valence-corrected chi connectivity index (χ3v) is 3.72. The molecule has 1 aromatic carbocycles. The molecule has 0 aliphatic rings. The van der Waals surface area contributed by atoms with Crippen LogP contribution in [0.5, 0.6) is 0 Å². The summed E-state index contributed by atoms with van der Waals surface area (Å²) in [7, 11) is 0. The number of carbonyl (C=O) groups is 1. The molecular weight excluding hydrogens is 306 g/mol. The first kappa shape index (κ1) is 15.9. The van der Waals surface area contributed by atoms with Gasteiger partial charge in [0.15, 0.2) is 0 Å². The van der Waals surface area contributed by atoms with E-state index < -0.39 is 0 Å². The third-order valence-electron chi connectivity index (χ3n) is 3.72. The largest absolute Gasteiger partial charge is 0.354 e. The zero-order valence-electron chi connectivity index (χ0n) is 13.6. The first-order valence-corrected chi connectivity index (χ1v) is 7.84. The molecule has 0 bridgehead atoms. The number of hydrogen-bond donors (Lipinski definition) is 1. The maximum absolute atomic E-state index is 12.4. The number of amides is 1. The monoisotopic (exact) mass is 325 g/mol. The second kappa shape index (κ2) is 6.66. The fraction of sp³-hybridized carbons (Fsp3) is 0.294. The average molecular weight is 325 g/mol. The third kappa shape index (κ3) is 3.34. The van der Waals surface area contributed by atoms with Gasteiger partial charge < -0.3 is 9.88 Å². The van der Waals surface area contributed by atoms with Gasteiger partial charge in [-0.25, -0.2) is 4.68 Å². The molecule has 0 saturated heterocycles. The fourth-order valence-corrected chi connectivity index (χ4v) is 2.44. The molecule has 0 fully saturated rings. The van der Waals surface area contributed by atoms with Gasteiger partial charge in [-0.3, -0.25) is 9.59 Å². The molecule has 0 unspecified atom stereocenters. The van der Waals surface area contributed by atoms with Crippen LogP contribution in [0.15, 0.2) is 47.5 Å². The first-order valence-electron chi connectivity index (χ1n) is 7.84. The van der Waals surface area contributed by atoms with E-state index in [1.165, 1.54) is 4.68 Å². The van der Waals surface area contributed by atoms with E-state index in [9.17, 15) is 9.59 Å². The van der Waals surface area contributed by atoms with Gasteiger partial charge in [0, 0.05) is 31.0 Å². The molecule has 2 heterocycles. The van der Waals surface area contributed by atoms with E-state index in [1.54, 1.807) is 18.2 Å². The van der Waals surface area contributed by atoms with Crippen molar-refractivity contribution in [2.45, 2.75) is 32.9 Å². The van der Waals surface area contributed by atoms with Crippen molar-refractivity contribution in [3.8, 4) is 0 Å². The van der Waals surface area contributed by atoms with E-state index in [-0.39, 0.29) is 17.5 Å². The van der Waals surface area contributed by atoms with Crippen LogP contribution < -0.4 is 10.9 Å². The van der Waals surface area contributed by atoms with Gasteiger partial charge in [-0.2, -0.15) is 0 Å². The van der Waals surface area contributed by atoms with Crippen LogP contribution in [0, 0.1) is 0 Å². The van der Waals surface area contributed by atoms with Crippen LogP contribution in [-0.4, -0.2) is 25.5 Å². The summed E-state index contributed by atoms with van der Waals surface area (Å²) >= 11 is 0. The Labute approximate surface area is 138 Å². The van der Waals surface area contributed by atoms with E-state index in [1.807, 2.05) is 42.9 Å². The van der Waals surface area contributed by atoms with Crippen molar-refractivity contribution in [1.29, 1.82) is 0 Å². The number of anilines is 1. The van der Waals surface area contributed by atoms with Gasteiger partial charge in [0.1, 0.15) is 5.52 Å². The predicted molar refractivity (Wildman–Crippen MR) is 91.9 cm³/mol. The maximum atomic E-state index is 12.4. The highest BCUT2D eigenvalue weighted by molar-refractivity contribution is 5.93. The summed E-state index contributed by atoms with van der Waals surface area (Å²) < 4.78 is 3.27. The van der Waals surface area contributed by atoms with Crippen molar-refractivity contribution in [3.63, 3.8) is 0 Å². The molecule has 0 radical (unpaired) electrons. The molecule has 124 valence electrons. The van der Waals surface area contributed by atoms with Gasteiger partial charge in [-0.1, -0.05) is 5.21 Å². The van der Waals surface area contributed by atoms with Gasteiger partial charge in [0.25, 0.3) is 5.56 Å². The van der Waals surface area contributed by atoms with Crippen LogP contribution >= 0.6 is 0 Å². The lowest BCUT2D eigenvalue weighted by Gasteiger charge is -2.09. The summed E-state index contributed by atoms with van der Waals surface area (Å²) in [6.45, 7) is 4.35. The molecule has 2 aromatic heterocycles. The number of fused-ring (bicyclic) bond motifs is 1. The minimum Gasteiger partial charge on any atom is -0.354 e. The summed E-state index contributed by atoms with van der Waals surface area (Å²) in [4.78, 5) is 24.5. The van der Waals surface area contributed by atoms with Crippen LogP contribution in [0.2, 0.25) is 0 Å². The number of nitrogens with zero attached hydrogens (tertiary/aromatic N) is 4.